The van der Waals surface area contributed by atoms with Crippen LogP contribution in [-0.4, -0.2) is 19.0 Å². The molecule has 0 amide bonds. The quantitative estimate of drug-likeness (QED) is 0.501. The standard InChI is InChI=1S/C7H12N2O/c1-7(2,3)6-8-4-10-5-9-6/h4H,5H2,1-3H3. The van der Waals surface area contributed by atoms with Crippen LogP contribution in [0.5, 0.6) is 0 Å². The smallest absolute Gasteiger partial charge is 0.182 e. The van der Waals surface area contributed by atoms with Gasteiger partial charge in [0.2, 0.25) is 0 Å². The van der Waals surface area contributed by atoms with Crippen LogP contribution in [0.3, 0.4) is 0 Å². The maximum Gasteiger partial charge on any atom is 0.182 e. The predicted molar refractivity (Wildman–Crippen MR) is 41.3 cm³/mol. The monoisotopic (exact) mass is 140 g/mol. The molecule has 3 nitrogen and oxygen atoms in total. The van der Waals surface area contributed by atoms with Gasteiger partial charge in [-0.05, 0) is 0 Å². The van der Waals surface area contributed by atoms with Crippen LogP contribution in [0.1, 0.15) is 20.8 Å². The van der Waals surface area contributed by atoms with Gasteiger partial charge in [0.05, 0.1) is 0 Å². The summed E-state index contributed by atoms with van der Waals surface area (Å²) in [5.74, 6) is 0.860. The molecule has 0 saturated carbocycles. The molecule has 1 rings (SSSR count). The second-order valence-electron chi connectivity index (χ2n) is 3.26. The highest BCUT2D eigenvalue weighted by Gasteiger charge is 2.18. The molecule has 0 N–H and O–H groups in total. The van der Waals surface area contributed by atoms with Crippen LogP contribution in [0.25, 0.3) is 0 Å². The zero-order valence-electron chi connectivity index (χ0n) is 6.59. The van der Waals surface area contributed by atoms with E-state index in [-0.39, 0.29) is 5.41 Å². The molecule has 0 radical (unpaired) electrons. The highest BCUT2D eigenvalue weighted by molar-refractivity contribution is 5.92. The lowest BCUT2D eigenvalue weighted by Crippen LogP contribution is -2.21. The van der Waals surface area contributed by atoms with Crippen molar-refractivity contribution in [1.82, 2.24) is 0 Å². The SMILES string of the molecule is CC(C)(C)C1=NCOC=N1. The van der Waals surface area contributed by atoms with Gasteiger partial charge in [0, 0.05) is 5.41 Å². The first-order valence-electron chi connectivity index (χ1n) is 3.30. The highest BCUT2D eigenvalue weighted by atomic mass is 16.5. The second-order valence-corrected chi connectivity index (χ2v) is 3.26. The van der Waals surface area contributed by atoms with Gasteiger partial charge in [-0.25, -0.2) is 9.98 Å². The van der Waals surface area contributed by atoms with Crippen molar-refractivity contribution in [2.45, 2.75) is 20.8 Å². The van der Waals surface area contributed by atoms with Gasteiger partial charge < -0.3 is 4.74 Å². The first kappa shape index (κ1) is 7.25. The largest absolute Gasteiger partial charge is 0.461 e. The maximum atomic E-state index is 4.82. The summed E-state index contributed by atoms with van der Waals surface area (Å²) in [7, 11) is 0. The van der Waals surface area contributed by atoms with Gasteiger partial charge in [-0.15, -0.1) is 0 Å². The minimum Gasteiger partial charge on any atom is -0.461 e. The van der Waals surface area contributed by atoms with Crippen LogP contribution in [0.4, 0.5) is 0 Å². The molecule has 1 aliphatic rings. The first-order valence-corrected chi connectivity index (χ1v) is 3.30. The molecule has 0 aliphatic carbocycles. The summed E-state index contributed by atoms with van der Waals surface area (Å²) < 4.78 is 4.82. The molecular weight excluding hydrogens is 128 g/mol. The van der Waals surface area contributed by atoms with Crippen molar-refractivity contribution in [3.63, 3.8) is 0 Å². The summed E-state index contributed by atoms with van der Waals surface area (Å²) in [4.78, 5) is 8.10. The van der Waals surface area contributed by atoms with Crippen LogP contribution in [0.2, 0.25) is 0 Å². The van der Waals surface area contributed by atoms with Crippen molar-refractivity contribution >= 4 is 12.2 Å². The summed E-state index contributed by atoms with van der Waals surface area (Å²) in [6.07, 6.45) is 1.45. The Morgan fingerprint density at radius 1 is 1.50 bits per heavy atom. The van der Waals surface area contributed by atoms with Gasteiger partial charge in [0.15, 0.2) is 13.1 Å². The highest BCUT2D eigenvalue weighted by Crippen LogP contribution is 2.17. The number of aliphatic imine (C=N–C) groups is 2. The van der Waals surface area contributed by atoms with Crippen LogP contribution in [0, 0.1) is 5.41 Å². The zero-order valence-corrected chi connectivity index (χ0v) is 6.59. The normalized spacial score (nSPS) is 18.1. The van der Waals surface area contributed by atoms with Crippen molar-refractivity contribution in [3.8, 4) is 0 Å². The van der Waals surface area contributed by atoms with E-state index < -0.39 is 0 Å². The van der Waals surface area contributed by atoms with E-state index in [0.29, 0.717) is 6.73 Å². The van der Waals surface area contributed by atoms with Gasteiger partial charge >= 0.3 is 0 Å². The van der Waals surface area contributed by atoms with Crippen molar-refractivity contribution in [1.29, 1.82) is 0 Å². The van der Waals surface area contributed by atoms with Gasteiger partial charge in [-0.1, -0.05) is 20.8 Å². The van der Waals surface area contributed by atoms with Crippen molar-refractivity contribution < 1.29 is 4.74 Å². The molecule has 0 atom stereocenters. The summed E-state index contributed by atoms with van der Waals surface area (Å²) in [6.45, 7) is 6.65. The van der Waals surface area contributed by atoms with E-state index >= 15 is 0 Å². The Bertz CT molecular complexity index is 177. The topological polar surface area (TPSA) is 34.0 Å². The Hall–Kier alpha value is -0.860. The van der Waals surface area contributed by atoms with E-state index in [4.69, 9.17) is 4.74 Å². The Balaban J connectivity index is 2.73. The fourth-order valence-corrected chi connectivity index (χ4v) is 0.691. The number of hydrogen-bond acceptors (Lipinski definition) is 3. The Kier molecular flexibility index (Phi) is 1.74. The Labute approximate surface area is 60.8 Å². The third-order valence-corrected chi connectivity index (χ3v) is 1.21. The van der Waals surface area contributed by atoms with Crippen LogP contribution < -0.4 is 0 Å². The average molecular weight is 140 g/mol. The molecule has 0 aromatic heterocycles. The van der Waals surface area contributed by atoms with Crippen molar-refractivity contribution in [2.75, 3.05) is 6.73 Å². The lowest BCUT2D eigenvalue weighted by Gasteiger charge is -2.19. The fraction of sp³-hybridized carbons (Fsp3) is 0.714. The molecule has 0 spiro atoms. The summed E-state index contributed by atoms with van der Waals surface area (Å²) in [6, 6.07) is 0. The third-order valence-electron chi connectivity index (χ3n) is 1.21. The van der Waals surface area contributed by atoms with Crippen molar-refractivity contribution in [3.05, 3.63) is 0 Å². The Morgan fingerprint density at radius 3 is 2.50 bits per heavy atom. The molecule has 0 aromatic rings. The number of amidine groups is 1. The molecule has 0 aromatic carbocycles. The van der Waals surface area contributed by atoms with Crippen molar-refractivity contribution in [2.24, 2.45) is 15.4 Å². The predicted octanol–water partition coefficient (Wildman–Crippen LogP) is 1.45. The van der Waals surface area contributed by atoms with E-state index in [1.807, 2.05) is 0 Å². The van der Waals surface area contributed by atoms with Crippen LogP contribution >= 0.6 is 0 Å². The molecule has 56 valence electrons. The van der Waals surface area contributed by atoms with E-state index in [0.717, 1.165) is 5.84 Å². The third kappa shape index (κ3) is 1.56. The molecule has 0 unspecified atom stereocenters. The molecule has 3 heteroatoms. The molecule has 0 fully saturated rings. The lowest BCUT2D eigenvalue weighted by molar-refractivity contribution is 0.324. The molecule has 10 heavy (non-hydrogen) atoms. The number of hydrogen-bond donors (Lipinski definition) is 0. The summed E-state index contributed by atoms with van der Waals surface area (Å²) in [5, 5.41) is 0. The molecular formula is C7H12N2O. The van der Waals surface area contributed by atoms with E-state index in [2.05, 4.69) is 30.8 Å². The number of rotatable bonds is 0. The minimum absolute atomic E-state index is 0.0419. The number of nitrogens with zero attached hydrogens (tertiary/aromatic N) is 2. The van der Waals surface area contributed by atoms with Gasteiger partial charge in [-0.2, -0.15) is 0 Å². The summed E-state index contributed by atoms with van der Waals surface area (Å²) in [5.41, 5.74) is 0.0419. The maximum absolute atomic E-state index is 4.82. The molecule has 0 bridgehead atoms. The minimum atomic E-state index is 0.0419. The molecule has 1 heterocycles. The van der Waals surface area contributed by atoms with Gasteiger partial charge in [0.1, 0.15) is 5.84 Å². The van der Waals surface area contributed by atoms with E-state index in [1.165, 1.54) is 6.40 Å². The van der Waals surface area contributed by atoms with E-state index in [9.17, 15) is 0 Å². The molecule has 1 aliphatic heterocycles. The van der Waals surface area contributed by atoms with Crippen LogP contribution in [-0.2, 0) is 4.74 Å². The lowest BCUT2D eigenvalue weighted by atomic mass is 9.95. The number of ether oxygens (including phenoxy) is 1. The van der Waals surface area contributed by atoms with E-state index in [1.54, 1.807) is 0 Å². The fourth-order valence-electron chi connectivity index (χ4n) is 0.691. The summed E-state index contributed by atoms with van der Waals surface area (Å²) >= 11 is 0. The van der Waals surface area contributed by atoms with Gasteiger partial charge in [0.25, 0.3) is 0 Å². The van der Waals surface area contributed by atoms with Gasteiger partial charge in [-0.3, -0.25) is 0 Å². The molecule has 0 saturated heterocycles. The average Bonchev–Trinajstić information content (AvgIpc) is 1.88. The Morgan fingerprint density at radius 2 is 2.20 bits per heavy atom. The van der Waals surface area contributed by atoms with Crippen LogP contribution in [0.15, 0.2) is 9.98 Å². The first-order chi connectivity index (χ1) is 4.61. The zero-order chi connectivity index (χ0) is 7.61. The second kappa shape index (κ2) is 2.40.